The maximum atomic E-state index is 12.3. The van der Waals surface area contributed by atoms with Crippen molar-refractivity contribution >= 4 is 11.6 Å². The molecule has 1 atom stereocenters. The van der Waals surface area contributed by atoms with Crippen LogP contribution in [-0.2, 0) is 4.79 Å². The van der Waals surface area contributed by atoms with Gasteiger partial charge in [0.25, 0.3) is 0 Å². The van der Waals surface area contributed by atoms with Gasteiger partial charge < -0.3 is 9.84 Å². The first-order valence-corrected chi connectivity index (χ1v) is 7.96. The number of amides is 1. The van der Waals surface area contributed by atoms with E-state index in [1.807, 2.05) is 43.3 Å². The zero-order valence-electron chi connectivity index (χ0n) is 13.8. The summed E-state index contributed by atoms with van der Waals surface area (Å²) in [6.45, 7) is 1.81. The minimum absolute atomic E-state index is 0.0684. The minimum atomic E-state index is -0.292. The summed E-state index contributed by atoms with van der Waals surface area (Å²) in [5.41, 5.74) is 2.44. The van der Waals surface area contributed by atoms with Crippen molar-refractivity contribution in [2.45, 2.75) is 25.8 Å². The van der Waals surface area contributed by atoms with E-state index >= 15 is 0 Å². The molecule has 2 aromatic rings. The molecule has 5 nitrogen and oxygen atoms in total. The first-order valence-electron chi connectivity index (χ1n) is 7.96. The maximum Gasteiger partial charge on any atom is 0.242 e. The standard InChI is InChI=1S/C19H20N2O3/c1-3-19(23)21-17(15-9-4-5-10-18(15)22)12-16(20-21)13-7-6-8-14(11-13)24-2/h4-11,17,22H,3,12H2,1-2H3/t17-/m1/s1. The number of aromatic hydroxyl groups is 1. The van der Waals surface area contributed by atoms with Gasteiger partial charge in [0.15, 0.2) is 0 Å². The van der Waals surface area contributed by atoms with Crippen LogP contribution >= 0.6 is 0 Å². The van der Waals surface area contributed by atoms with Gasteiger partial charge in [-0.25, -0.2) is 5.01 Å². The van der Waals surface area contributed by atoms with Crippen molar-refractivity contribution < 1.29 is 14.6 Å². The second-order valence-electron chi connectivity index (χ2n) is 5.65. The molecule has 1 heterocycles. The predicted octanol–water partition coefficient (Wildman–Crippen LogP) is 3.49. The Morgan fingerprint density at radius 1 is 1.29 bits per heavy atom. The Labute approximate surface area is 141 Å². The van der Waals surface area contributed by atoms with Gasteiger partial charge in [-0.15, -0.1) is 0 Å². The highest BCUT2D eigenvalue weighted by Gasteiger charge is 2.33. The largest absolute Gasteiger partial charge is 0.508 e. The fourth-order valence-corrected chi connectivity index (χ4v) is 2.89. The molecule has 0 unspecified atom stereocenters. The monoisotopic (exact) mass is 324 g/mol. The molecule has 0 aromatic heterocycles. The van der Waals surface area contributed by atoms with Crippen molar-refractivity contribution in [3.05, 3.63) is 59.7 Å². The zero-order valence-corrected chi connectivity index (χ0v) is 13.8. The number of phenolic OH excluding ortho intramolecular Hbond substituents is 1. The first kappa shape index (κ1) is 16.1. The van der Waals surface area contributed by atoms with Crippen LogP contribution in [0.3, 0.4) is 0 Å². The number of methoxy groups -OCH3 is 1. The average molecular weight is 324 g/mol. The van der Waals surface area contributed by atoms with Crippen LogP contribution in [0.2, 0.25) is 0 Å². The molecule has 24 heavy (non-hydrogen) atoms. The summed E-state index contributed by atoms with van der Waals surface area (Å²) >= 11 is 0. The van der Waals surface area contributed by atoms with Crippen molar-refractivity contribution in [3.8, 4) is 11.5 Å². The van der Waals surface area contributed by atoms with Gasteiger partial charge in [-0.3, -0.25) is 4.79 Å². The van der Waals surface area contributed by atoms with E-state index in [1.54, 1.807) is 19.2 Å². The molecule has 124 valence electrons. The molecule has 0 spiro atoms. The molecule has 0 saturated heterocycles. The van der Waals surface area contributed by atoms with Crippen LogP contribution in [0.4, 0.5) is 0 Å². The van der Waals surface area contributed by atoms with E-state index in [2.05, 4.69) is 5.10 Å². The number of para-hydroxylation sites is 1. The lowest BCUT2D eigenvalue weighted by Gasteiger charge is -2.22. The summed E-state index contributed by atoms with van der Waals surface area (Å²) in [5, 5.41) is 16.2. The third-order valence-corrected chi connectivity index (χ3v) is 4.17. The maximum absolute atomic E-state index is 12.3. The third kappa shape index (κ3) is 2.97. The van der Waals surface area contributed by atoms with Crippen LogP contribution in [0.15, 0.2) is 53.6 Å². The molecule has 1 aliphatic rings. The SMILES string of the molecule is CCC(=O)N1N=C(c2cccc(OC)c2)C[C@@H]1c1ccccc1O. The quantitative estimate of drug-likeness (QED) is 0.936. The highest BCUT2D eigenvalue weighted by Crippen LogP contribution is 2.37. The second-order valence-corrected chi connectivity index (χ2v) is 5.65. The van der Waals surface area contributed by atoms with Gasteiger partial charge in [0.05, 0.1) is 18.9 Å². The number of nitrogens with zero attached hydrogens (tertiary/aromatic N) is 2. The summed E-state index contributed by atoms with van der Waals surface area (Å²) in [7, 11) is 1.62. The summed E-state index contributed by atoms with van der Waals surface area (Å²) < 4.78 is 5.26. The van der Waals surface area contributed by atoms with Gasteiger partial charge in [-0.1, -0.05) is 37.3 Å². The smallest absolute Gasteiger partial charge is 0.242 e. The Morgan fingerprint density at radius 2 is 2.08 bits per heavy atom. The number of benzene rings is 2. The van der Waals surface area contributed by atoms with Crippen LogP contribution in [0.25, 0.3) is 0 Å². The van der Waals surface area contributed by atoms with Gasteiger partial charge in [-0.05, 0) is 18.2 Å². The van der Waals surface area contributed by atoms with E-state index < -0.39 is 0 Å². The summed E-state index contributed by atoms with van der Waals surface area (Å²) in [4.78, 5) is 12.3. The van der Waals surface area contributed by atoms with Gasteiger partial charge in [0.1, 0.15) is 11.5 Å². The Hall–Kier alpha value is -2.82. The second kappa shape index (κ2) is 6.74. The molecule has 0 saturated carbocycles. The number of ether oxygens (including phenoxy) is 1. The Bertz CT molecular complexity index is 786. The van der Waals surface area contributed by atoms with Crippen molar-refractivity contribution in [3.63, 3.8) is 0 Å². The number of hydrazone groups is 1. The highest BCUT2D eigenvalue weighted by atomic mass is 16.5. The lowest BCUT2D eigenvalue weighted by molar-refractivity contribution is -0.132. The predicted molar refractivity (Wildman–Crippen MR) is 92.1 cm³/mol. The Balaban J connectivity index is 1.98. The van der Waals surface area contributed by atoms with E-state index in [-0.39, 0.29) is 17.7 Å². The fourth-order valence-electron chi connectivity index (χ4n) is 2.89. The number of hydrogen-bond acceptors (Lipinski definition) is 4. The van der Waals surface area contributed by atoms with Crippen molar-refractivity contribution in [2.24, 2.45) is 5.10 Å². The molecule has 0 bridgehead atoms. The van der Waals surface area contributed by atoms with Crippen LogP contribution in [0.5, 0.6) is 11.5 Å². The molecular weight excluding hydrogens is 304 g/mol. The summed E-state index contributed by atoms with van der Waals surface area (Å²) in [6, 6.07) is 14.4. The molecule has 1 amide bonds. The van der Waals surface area contributed by atoms with E-state index in [9.17, 15) is 9.90 Å². The third-order valence-electron chi connectivity index (χ3n) is 4.17. The Morgan fingerprint density at radius 3 is 2.79 bits per heavy atom. The van der Waals surface area contributed by atoms with Crippen LogP contribution in [0, 0.1) is 0 Å². The van der Waals surface area contributed by atoms with Crippen LogP contribution < -0.4 is 4.74 Å². The minimum Gasteiger partial charge on any atom is -0.508 e. The van der Waals surface area contributed by atoms with Crippen LogP contribution in [0.1, 0.15) is 36.9 Å². The van der Waals surface area contributed by atoms with Crippen molar-refractivity contribution in [2.75, 3.05) is 7.11 Å². The zero-order chi connectivity index (χ0) is 17.1. The van der Waals surface area contributed by atoms with E-state index in [0.717, 1.165) is 17.0 Å². The lowest BCUT2D eigenvalue weighted by Crippen LogP contribution is -2.26. The lowest BCUT2D eigenvalue weighted by atomic mass is 9.97. The van der Waals surface area contributed by atoms with Gasteiger partial charge in [-0.2, -0.15) is 5.10 Å². The van der Waals surface area contributed by atoms with Crippen molar-refractivity contribution in [1.82, 2.24) is 5.01 Å². The normalized spacial score (nSPS) is 16.8. The van der Waals surface area contributed by atoms with Gasteiger partial charge in [0, 0.05) is 24.0 Å². The van der Waals surface area contributed by atoms with Crippen molar-refractivity contribution in [1.29, 1.82) is 0 Å². The van der Waals surface area contributed by atoms with Gasteiger partial charge >= 0.3 is 0 Å². The summed E-state index contributed by atoms with van der Waals surface area (Å²) in [6.07, 6.45) is 0.912. The number of phenols is 1. The molecule has 0 fully saturated rings. The van der Waals surface area contributed by atoms with E-state index in [0.29, 0.717) is 18.4 Å². The molecule has 2 aromatic carbocycles. The molecule has 5 heteroatoms. The average Bonchev–Trinajstić information content (AvgIpc) is 3.06. The molecule has 1 N–H and O–H groups in total. The number of rotatable bonds is 4. The number of carbonyl (C=O) groups excluding carboxylic acids is 1. The van der Waals surface area contributed by atoms with Gasteiger partial charge in [0.2, 0.25) is 5.91 Å². The fraction of sp³-hybridized carbons (Fsp3) is 0.263. The summed E-state index contributed by atoms with van der Waals surface area (Å²) in [5.74, 6) is 0.856. The van der Waals surface area contributed by atoms with E-state index in [4.69, 9.17) is 4.74 Å². The van der Waals surface area contributed by atoms with Crippen LogP contribution in [-0.4, -0.2) is 28.8 Å². The Kier molecular flexibility index (Phi) is 4.51. The topological polar surface area (TPSA) is 62.1 Å². The molecular formula is C19H20N2O3. The first-order chi connectivity index (χ1) is 11.6. The van der Waals surface area contributed by atoms with E-state index in [1.165, 1.54) is 5.01 Å². The molecule has 1 aliphatic heterocycles. The number of carbonyl (C=O) groups is 1. The molecule has 0 radical (unpaired) electrons. The molecule has 0 aliphatic carbocycles. The number of hydrogen-bond donors (Lipinski definition) is 1. The highest BCUT2D eigenvalue weighted by molar-refractivity contribution is 6.03. The molecule has 3 rings (SSSR count).